The van der Waals surface area contributed by atoms with E-state index in [1.165, 1.54) is 6.92 Å². The second-order valence-corrected chi connectivity index (χ2v) is 6.99. The SMILES string of the molecule is CC[C@H](C)[C@H](NC(C)=O)C(=O)N[C@H]1CCN(CN2C=CCO2)CCC1=O. The molecule has 146 valence electrons. The van der Waals surface area contributed by atoms with Crippen LogP contribution in [0.5, 0.6) is 0 Å². The average molecular weight is 366 g/mol. The minimum Gasteiger partial charge on any atom is -0.344 e. The van der Waals surface area contributed by atoms with Crippen LogP contribution in [0.3, 0.4) is 0 Å². The number of hydrogen-bond acceptors (Lipinski definition) is 6. The number of nitrogens with zero attached hydrogens (tertiary/aromatic N) is 2. The van der Waals surface area contributed by atoms with Crippen LogP contribution >= 0.6 is 0 Å². The summed E-state index contributed by atoms with van der Waals surface area (Å²) in [5, 5.41) is 7.31. The smallest absolute Gasteiger partial charge is 0.243 e. The van der Waals surface area contributed by atoms with Gasteiger partial charge in [0, 0.05) is 32.6 Å². The van der Waals surface area contributed by atoms with Gasteiger partial charge in [-0.1, -0.05) is 20.3 Å². The third-order valence-electron chi connectivity index (χ3n) is 4.92. The van der Waals surface area contributed by atoms with Crippen molar-refractivity contribution in [2.45, 2.75) is 52.1 Å². The number of hydroxylamine groups is 2. The Morgan fingerprint density at radius 3 is 2.77 bits per heavy atom. The molecule has 2 aliphatic heterocycles. The lowest BCUT2D eigenvalue weighted by molar-refractivity contribution is -0.132. The molecule has 2 amide bonds. The molecule has 0 aliphatic carbocycles. The standard InChI is InChI=1S/C18H30N4O4/c1-4-13(2)17(19-14(3)23)18(25)20-15-6-9-21(10-7-16(15)24)12-22-8-5-11-26-22/h5,8,13,15,17H,4,6-7,9-12H2,1-3H3,(H,19,23)(H,20,25)/t13-,15-,17-/m0/s1. The van der Waals surface area contributed by atoms with E-state index in [9.17, 15) is 14.4 Å². The van der Waals surface area contributed by atoms with E-state index < -0.39 is 12.1 Å². The molecular formula is C18H30N4O4. The molecule has 2 rings (SSSR count). The summed E-state index contributed by atoms with van der Waals surface area (Å²) in [5.74, 6) is -0.505. The first-order valence-corrected chi connectivity index (χ1v) is 9.29. The van der Waals surface area contributed by atoms with Gasteiger partial charge in [-0.15, -0.1) is 0 Å². The van der Waals surface area contributed by atoms with E-state index in [0.717, 1.165) is 6.42 Å². The van der Waals surface area contributed by atoms with E-state index in [2.05, 4.69) is 15.5 Å². The van der Waals surface area contributed by atoms with Crippen molar-refractivity contribution in [3.63, 3.8) is 0 Å². The van der Waals surface area contributed by atoms with E-state index in [1.54, 1.807) is 5.06 Å². The molecule has 0 spiro atoms. The summed E-state index contributed by atoms with van der Waals surface area (Å²) in [5.41, 5.74) is 0. The molecule has 0 aromatic heterocycles. The first kappa shape index (κ1) is 20.4. The van der Waals surface area contributed by atoms with Gasteiger partial charge in [0.1, 0.15) is 6.04 Å². The van der Waals surface area contributed by atoms with E-state index in [1.807, 2.05) is 26.1 Å². The summed E-state index contributed by atoms with van der Waals surface area (Å²) in [4.78, 5) is 44.0. The largest absolute Gasteiger partial charge is 0.344 e. The number of rotatable bonds is 7. The Bertz CT molecular complexity index is 551. The third-order valence-corrected chi connectivity index (χ3v) is 4.92. The topological polar surface area (TPSA) is 91.0 Å². The second kappa shape index (κ2) is 9.68. The number of nitrogens with one attached hydrogen (secondary N) is 2. The first-order chi connectivity index (χ1) is 12.4. The van der Waals surface area contributed by atoms with Crippen molar-refractivity contribution in [3.8, 4) is 0 Å². The molecule has 26 heavy (non-hydrogen) atoms. The number of amides is 2. The highest BCUT2D eigenvalue weighted by molar-refractivity contribution is 5.92. The first-order valence-electron chi connectivity index (χ1n) is 9.29. The van der Waals surface area contributed by atoms with Crippen LogP contribution in [0.25, 0.3) is 0 Å². The van der Waals surface area contributed by atoms with Crippen LogP contribution in [0.4, 0.5) is 0 Å². The zero-order valence-electron chi connectivity index (χ0n) is 15.9. The number of ketones is 1. The lowest BCUT2D eigenvalue weighted by Gasteiger charge is -2.26. The highest BCUT2D eigenvalue weighted by Crippen LogP contribution is 2.13. The van der Waals surface area contributed by atoms with E-state index >= 15 is 0 Å². The highest BCUT2D eigenvalue weighted by atomic mass is 16.7. The normalized spacial score (nSPS) is 23.4. The zero-order valence-corrected chi connectivity index (χ0v) is 15.9. The molecule has 0 unspecified atom stereocenters. The molecule has 1 saturated heterocycles. The van der Waals surface area contributed by atoms with Crippen LogP contribution in [-0.4, -0.2) is 66.0 Å². The maximum atomic E-state index is 12.6. The molecule has 0 radical (unpaired) electrons. The van der Waals surface area contributed by atoms with Gasteiger partial charge in [-0.3, -0.25) is 24.1 Å². The Morgan fingerprint density at radius 2 is 2.15 bits per heavy atom. The third kappa shape index (κ3) is 5.81. The molecule has 0 aromatic rings. The van der Waals surface area contributed by atoms with Gasteiger partial charge in [0.2, 0.25) is 11.8 Å². The number of carbonyl (C=O) groups is 3. The molecule has 0 aromatic carbocycles. The Hall–Kier alpha value is -1.93. The minimum absolute atomic E-state index is 0.00428. The molecule has 0 saturated carbocycles. The quantitative estimate of drug-likeness (QED) is 0.678. The Labute approximate surface area is 154 Å². The molecule has 8 heteroatoms. The van der Waals surface area contributed by atoms with Crippen LogP contribution in [0, 0.1) is 5.92 Å². The fraction of sp³-hybridized carbons (Fsp3) is 0.722. The molecule has 3 atom stereocenters. The fourth-order valence-corrected chi connectivity index (χ4v) is 3.13. The van der Waals surface area contributed by atoms with Crippen LogP contribution < -0.4 is 10.6 Å². The molecule has 2 N–H and O–H groups in total. The highest BCUT2D eigenvalue weighted by Gasteiger charge is 2.31. The maximum Gasteiger partial charge on any atom is 0.243 e. The zero-order chi connectivity index (χ0) is 19.1. The molecule has 2 aliphatic rings. The maximum absolute atomic E-state index is 12.6. The van der Waals surface area contributed by atoms with E-state index in [-0.39, 0.29) is 23.5 Å². The number of likely N-dealkylation sites (tertiary alicyclic amines) is 1. The Balaban J connectivity index is 1.92. The predicted octanol–water partition coefficient (Wildman–Crippen LogP) is 0.405. The Kier molecular flexibility index (Phi) is 7.59. The summed E-state index contributed by atoms with van der Waals surface area (Å²) in [7, 11) is 0. The van der Waals surface area contributed by atoms with Gasteiger partial charge < -0.3 is 10.6 Å². The molecule has 0 bridgehead atoms. The van der Waals surface area contributed by atoms with Crippen LogP contribution in [0.1, 0.15) is 40.0 Å². The summed E-state index contributed by atoms with van der Waals surface area (Å²) in [6.45, 7) is 7.79. The van der Waals surface area contributed by atoms with Crippen molar-refractivity contribution in [2.75, 3.05) is 26.4 Å². The van der Waals surface area contributed by atoms with Crippen molar-refractivity contribution >= 4 is 17.6 Å². The monoisotopic (exact) mass is 366 g/mol. The summed E-state index contributed by atoms with van der Waals surface area (Å²) in [6, 6.07) is -1.13. The van der Waals surface area contributed by atoms with Crippen molar-refractivity contribution in [2.24, 2.45) is 5.92 Å². The average Bonchev–Trinajstić information content (AvgIpc) is 3.06. The van der Waals surface area contributed by atoms with Gasteiger partial charge in [-0.05, 0) is 18.4 Å². The van der Waals surface area contributed by atoms with Gasteiger partial charge in [-0.25, -0.2) is 5.06 Å². The lowest BCUT2D eigenvalue weighted by atomic mass is 9.97. The van der Waals surface area contributed by atoms with Gasteiger partial charge in [-0.2, -0.15) is 0 Å². The fourth-order valence-electron chi connectivity index (χ4n) is 3.13. The summed E-state index contributed by atoms with van der Waals surface area (Å²) < 4.78 is 0. The van der Waals surface area contributed by atoms with Gasteiger partial charge in [0.05, 0.1) is 19.3 Å². The molecular weight excluding hydrogens is 336 g/mol. The molecule has 2 heterocycles. The lowest BCUT2D eigenvalue weighted by Crippen LogP contribution is -2.53. The van der Waals surface area contributed by atoms with Crippen molar-refractivity contribution < 1.29 is 19.2 Å². The van der Waals surface area contributed by atoms with Crippen molar-refractivity contribution in [1.82, 2.24) is 20.6 Å². The van der Waals surface area contributed by atoms with Gasteiger partial charge in [0.15, 0.2) is 5.78 Å². The second-order valence-electron chi connectivity index (χ2n) is 6.99. The van der Waals surface area contributed by atoms with Crippen molar-refractivity contribution in [1.29, 1.82) is 0 Å². The van der Waals surface area contributed by atoms with E-state index in [4.69, 9.17) is 4.84 Å². The Morgan fingerprint density at radius 1 is 1.38 bits per heavy atom. The van der Waals surface area contributed by atoms with Crippen LogP contribution in [0.2, 0.25) is 0 Å². The number of Topliss-reactive ketones (excluding diaryl/α,β-unsaturated/α-hetero) is 1. The number of carbonyl (C=O) groups excluding carboxylic acids is 3. The summed E-state index contributed by atoms with van der Waals surface area (Å²) >= 11 is 0. The van der Waals surface area contributed by atoms with Crippen LogP contribution in [-0.2, 0) is 19.2 Å². The van der Waals surface area contributed by atoms with E-state index in [0.29, 0.717) is 39.2 Å². The van der Waals surface area contributed by atoms with Crippen molar-refractivity contribution in [3.05, 3.63) is 12.3 Å². The van der Waals surface area contributed by atoms with Crippen LogP contribution in [0.15, 0.2) is 12.3 Å². The summed E-state index contributed by atoms with van der Waals surface area (Å²) in [6.07, 6.45) is 5.51. The van der Waals surface area contributed by atoms with Gasteiger partial charge >= 0.3 is 0 Å². The minimum atomic E-state index is -0.618. The molecule has 8 nitrogen and oxygen atoms in total. The molecule has 1 fully saturated rings. The number of hydrogen-bond donors (Lipinski definition) is 2. The van der Waals surface area contributed by atoms with Gasteiger partial charge in [0.25, 0.3) is 0 Å². The predicted molar refractivity (Wildman–Crippen MR) is 96.6 cm³/mol.